The number of hydrogen-bond donors (Lipinski definition) is 1. The fourth-order valence-corrected chi connectivity index (χ4v) is 5.83. The molecule has 0 radical (unpaired) electrons. The molecule has 1 unspecified atom stereocenters. The Labute approximate surface area is 145 Å². The Morgan fingerprint density at radius 1 is 1.42 bits per heavy atom. The molecule has 6 nitrogen and oxygen atoms in total. The van der Waals surface area contributed by atoms with Crippen LogP contribution in [0.15, 0.2) is 40.9 Å². The molecule has 1 amide bonds. The number of amides is 1. The minimum Gasteiger partial charge on any atom is -0.351 e. The van der Waals surface area contributed by atoms with Gasteiger partial charge in [-0.25, -0.2) is 8.42 Å². The molecule has 1 atom stereocenters. The molecule has 1 fully saturated rings. The van der Waals surface area contributed by atoms with Gasteiger partial charge in [0, 0.05) is 30.4 Å². The predicted octanol–water partition coefficient (Wildman–Crippen LogP) is 1.92. The van der Waals surface area contributed by atoms with Gasteiger partial charge in [-0.1, -0.05) is 6.07 Å². The van der Waals surface area contributed by atoms with Gasteiger partial charge in [0.05, 0.1) is 0 Å². The summed E-state index contributed by atoms with van der Waals surface area (Å²) in [5, 5.41) is 2.82. The Balaban J connectivity index is 1.72. The molecule has 2 aromatic heterocycles. The standard InChI is InChI=1S/C16H19N3O3S2/c1-12-6-7-15(23-12)24(21,22)19-9-3-5-14(19)16(20)18-11-13-4-2-8-17-10-13/h2,4,6-8,10,14H,3,5,9,11H2,1H3,(H,18,20). The van der Waals surface area contributed by atoms with E-state index in [2.05, 4.69) is 10.3 Å². The zero-order chi connectivity index (χ0) is 17.2. The van der Waals surface area contributed by atoms with Crippen LogP contribution in [0.4, 0.5) is 0 Å². The highest BCUT2D eigenvalue weighted by atomic mass is 32.2. The number of aromatic nitrogens is 1. The molecule has 0 bridgehead atoms. The second-order valence-electron chi connectivity index (χ2n) is 5.72. The molecule has 3 rings (SSSR count). The van der Waals surface area contributed by atoms with Gasteiger partial charge in [0.1, 0.15) is 10.3 Å². The van der Waals surface area contributed by atoms with E-state index in [9.17, 15) is 13.2 Å². The lowest BCUT2D eigenvalue weighted by Gasteiger charge is -2.22. The van der Waals surface area contributed by atoms with E-state index in [1.807, 2.05) is 13.0 Å². The van der Waals surface area contributed by atoms with Gasteiger partial charge >= 0.3 is 0 Å². The summed E-state index contributed by atoms with van der Waals surface area (Å²) in [6.45, 7) is 2.59. The number of aryl methyl sites for hydroxylation is 1. The smallest absolute Gasteiger partial charge is 0.253 e. The van der Waals surface area contributed by atoms with Gasteiger partial charge in [0.2, 0.25) is 5.91 Å². The number of rotatable bonds is 5. The third kappa shape index (κ3) is 3.50. The van der Waals surface area contributed by atoms with Gasteiger partial charge in [-0.2, -0.15) is 4.31 Å². The maximum absolute atomic E-state index is 12.8. The first-order valence-electron chi connectivity index (χ1n) is 7.73. The summed E-state index contributed by atoms with van der Waals surface area (Å²) < 4.78 is 27.2. The molecule has 8 heteroatoms. The molecule has 128 valence electrons. The van der Waals surface area contributed by atoms with Crippen LogP contribution in [0.25, 0.3) is 0 Å². The number of nitrogens with one attached hydrogen (secondary N) is 1. The highest BCUT2D eigenvalue weighted by Gasteiger charge is 2.39. The van der Waals surface area contributed by atoms with E-state index in [0.29, 0.717) is 30.1 Å². The van der Waals surface area contributed by atoms with E-state index in [1.165, 1.54) is 15.6 Å². The van der Waals surface area contributed by atoms with Gasteiger partial charge in [-0.05, 0) is 43.5 Å². The molecule has 1 aliphatic heterocycles. The van der Waals surface area contributed by atoms with Crippen molar-refractivity contribution in [2.45, 2.75) is 36.6 Å². The van der Waals surface area contributed by atoms with Gasteiger partial charge < -0.3 is 5.32 Å². The van der Waals surface area contributed by atoms with Gasteiger partial charge in [0.15, 0.2) is 0 Å². The fourth-order valence-electron chi connectivity index (χ4n) is 2.77. The highest BCUT2D eigenvalue weighted by Crippen LogP contribution is 2.30. The van der Waals surface area contributed by atoms with Crippen LogP contribution in [0.2, 0.25) is 0 Å². The monoisotopic (exact) mass is 365 g/mol. The lowest BCUT2D eigenvalue weighted by molar-refractivity contribution is -0.124. The molecular formula is C16H19N3O3S2. The minimum atomic E-state index is -3.62. The number of pyridine rings is 1. The highest BCUT2D eigenvalue weighted by molar-refractivity contribution is 7.91. The van der Waals surface area contributed by atoms with Crippen molar-refractivity contribution >= 4 is 27.3 Å². The Bertz CT molecular complexity index is 818. The molecule has 0 aliphatic carbocycles. The first-order chi connectivity index (χ1) is 11.5. The quantitative estimate of drug-likeness (QED) is 0.878. The van der Waals surface area contributed by atoms with Gasteiger partial charge in [-0.15, -0.1) is 11.3 Å². The van der Waals surface area contributed by atoms with Crippen LogP contribution < -0.4 is 5.32 Å². The Kier molecular flexibility index (Phi) is 4.98. The number of thiophene rings is 1. The zero-order valence-electron chi connectivity index (χ0n) is 13.3. The Hall–Kier alpha value is -1.77. The average Bonchev–Trinajstić information content (AvgIpc) is 3.23. The number of hydrogen-bond acceptors (Lipinski definition) is 5. The van der Waals surface area contributed by atoms with Crippen LogP contribution in [0, 0.1) is 6.92 Å². The molecule has 0 spiro atoms. The van der Waals surface area contributed by atoms with Crippen LogP contribution in [0.1, 0.15) is 23.3 Å². The van der Waals surface area contributed by atoms with Crippen molar-refractivity contribution < 1.29 is 13.2 Å². The van der Waals surface area contributed by atoms with Gasteiger partial charge in [-0.3, -0.25) is 9.78 Å². The van der Waals surface area contributed by atoms with Crippen molar-refractivity contribution in [1.82, 2.24) is 14.6 Å². The van der Waals surface area contributed by atoms with Crippen LogP contribution in [0.5, 0.6) is 0 Å². The average molecular weight is 365 g/mol. The van der Waals surface area contributed by atoms with E-state index in [-0.39, 0.29) is 5.91 Å². The molecule has 1 saturated heterocycles. The number of carbonyl (C=O) groups is 1. The largest absolute Gasteiger partial charge is 0.351 e. The Morgan fingerprint density at radius 2 is 2.25 bits per heavy atom. The van der Waals surface area contributed by atoms with Crippen LogP contribution in [-0.2, 0) is 21.4 Å². The lowest BCUT2D eigenvalue weighted by Crippen LogP contribution is -2.45. The van der Waals surface area contributed by atoms with Crippen molar-refractivity contribution in [2.75, 3.05) is 6.54 Å². The number of sulfonamides is 1. The minimum absolute atomic E-state index is 0.256. The molecule has 0 saturated carbocycles. The molecule has 1 aliphatic rings. The topological polar surface area (TPSA) is 79.4 Å². The summed E-state index contributed by atoms with van der Waals surface area (Å²) in [6.07, 6.45) is 4.58. The molecule has 0 aromatic carbocycles. The van der Waals surface area contributed by atoms with Crippen molar-refractivity contribution in [1.29, 1.82) is 0 Å². The van der Waals surface area contributed by atoms with E-state index in [1.54, 1.807) is 30.6 Å². The van der Waals surface area contributed by atoms with Crippen molar-refractivity contribution in [3.05, 3.63) is 47.1 Å². The first-order valence-corrected chi connectivity index (χ1v) is 9.99. The summed E-state index contributed by atoms with van der Waals surface area (Å²) in [6, 6.07) is 6.41. The third-order valence-electron chi connectivity index (χ3n) is 3.97. The van der Waals surface area contributed by atoms with E-state index in [4.69, 9.17) is 0 Å². The van der Waals surface area contributed by atoms with Crippen molar-refractivity contribution in [3.8, 4) is 0 Å². The number of nitrogens with zero attached hydrogens (tertiary/aromatic N) is 2. The van der Waals surface area contributed by atoms with Crippen molar-refractivity contribution in [3.63, 3.8) is 0 Å². The summed E-state index contributed by atoms with van der Waals surface area (Å²) in [5.41, 5.74) is 0.882. The van der Waals surface area contributed by atoms with Gasteiger partial charge in [0.25, 0.3) is 10.0 Å². The zero-order valence-corrected chi connectivity index (χ0v) is 14.9. The van der Waals surface area contributed by atoms with E-state index in [0.717, 1.165) is 10.4 Å². The van der Waals surface area contributed by atoms with E-state index >= 15 is 0 Å². The summed E-state index contributed by atoms with van der Waals surface area (Å²) in [5.74, 6) is -0.256. The third-order valence-corrected chi connectivity index (χ3v) is 7.35. The summed E-state index contributed by atoms with van der Waals surface area (Å²) in [7, 11) is -3.62. The van der Waals surface area contributed by atoms with Crippen LogP contribution in [-0.4, -0.2) is 36.2 Å². The summed E-state index contributed by atoms with van der Waals surface area (Å²) >= 11 is 1.24. The van der Waals surface area contributed by atoms with Crippen LogP contribution >= 0.6 is 11.3 Å². The maximum Gasteiger partial charge on any atom is 0.253 e. The van der Waals surface area contributed by atoms with Crippen LogP contribution in [0.3, 0.4) is 0 Å². The lowest BCUT2D eigenvalue weighted by atomic mass is 10.2. The fraction of sp³-hybridized carbons (Fsp3) is 0.375. The normalized spacial score (nSPS) is 18.6. The number of carbonyl (C=O) groups excluding carboxylic acids is 1. The SMILES string of the molecule is Cc1ccc(S(=O)(=O)N2CCCC2C(=O)NCc2cccnc2)s1. The Morgan fingerprint density at radius 3 is 2.92 bits per heavy atom. The molecule has 3 heterocycles. The molecular weight excluding hydrogens is 346 g/mol. The first kappa shape index (κ1) is 17.1. The molecule has 2 aromatic rings. The molecule has 24 heavy (non-hydrogen) atoms. The predicted molar refractivity (Wildman–Crippen MR) is 92.1 cm³/mol. The second kappa shape index (κ2) is 7.00. The molecule has 1 N–H and O–H groups in total. The summed E-state index contributed by atoms with van der Waals surface area (Å²) in [4.78, 5) is 17.4. The second-order valence-corrected chi connectivity index (χ2v) is 9.12. The van der Waals surface area contributed by atoms with E-state index < -0.39 is 16.1 Å². The van der Waals surface area contributed by atoms with Crippen molar-refractivity contribution in [2.24, 2.45) is 0 Å². The maximum atomic E-state index is 12.8.